The van der Waals surface area contributed by atoms with E-state index in [0.717, 1.165) is 16.8 Å². The van der Waals surface area contributed by atoms with E-state index < -0.39 is 0 Å². The van der Waals surface area contributed by atoms with Crippen molar-refractivity contribution in [2.45, 2.75) is 13.0 Å². The van der Waals surface area contributed by atoms with Crippen LogP contribution in [-0.4, -0.2) is 46.3 Å². The lowest BCUT2D eigenvalue weighted by molar-refractivity contribution is -0.126. The number of hydrogen-bond acceptors (Lipinski definition) is 5. The predicted molar refractivity (Wildman–Crippen MR) is 120 cm³/mol. The maximum absolute atomic E-state index is 12.7. The maximum atomic E-state index is 12.7. The van der Waals surface area contributed by atoms with Gasteiger partial charge in [-0.15, -0.1) is 0 Å². The molecule has 160 valence electrons. The van der Waals surface area contributed by atoms with Gasteiger partial charge in [-0.3, -0.25) is 4.79 Å². The molecular formula is C24H26N4O3. The summed E-state index contributed by atoms with van der Waals surface area (Å²) in [5, 5.41) is 4.12. The molecule has 7 nitrogen and oxygen atoms in total. The van der Waals surface area contributed by atoms with Crippen LogP contribution >= 0.6 is 0 Å². The molecule has 0 aliphatic heterocycles. The first kappa shape index (κ1) is 21.8. The number of benzene rings is 2. The van der Waals surface area contributed by atoms with Gasteiger partial charge in [0, 0.05) is 13.1 Å². The molecule has 0 saturated carbocycles. The molecule has 0 fully saturated rings. The van der Waals surface area contributed by atoms with Crippen LogP contribution in [0.2, 0.25) is 0 Å². The third kappa shape index (κ3) is 5.39. The summed E-state index contributed by atoms with van der Waals surface area (Å²) in [6.45, 7) is 6.03. The Morgan fingerprint density at radius 2 is 2.00 bits per heavy atom. The van der Waals surface area contributed by atoms with E-state index >= 15 is 0 Å². The van der Waals surface area contributed by atoms with Crippen molar-refractivity contribution >= 4 is 12.0 Å². The number of amides is 1. The Morgan fingerprint density at radius 1 is 1.23 bits per heavy atom. The van der Waals surface area contributed by atoms with Crippen LogP contribution < -0.4 is 9.47 Å². The molecule has 3 rings (SSSR count). The largest absolute Gasteiger partial charge is 0.493 e. The smallest absolute Gasteiger partial charge is 0.246 e. The summed E-state index contributed by atoms with van der Waals surface area (Å²) >= 11 is 0. The summed E-state index contributed by atoms with van der Waals surface area (Å²) in [7, 11) is 3.37. The highest BCUT2D eigenvalue weighted by Gasteiger charge is 2.15. The Bertz CT molecular complexity index is 1040. The SMILES string of the molecule is C=CCOc1ccc(/C=C/C(=O)N(C)[C@@H](C)c2ccc(-n3cncn3)cc2)cc1OC. The van der Waals surface area contributed by atoms with Gasteiger partial charge in [0.05, 0.1) is 18.8 Å². The second kappa shape index (κ2) is 10.2. The fraction of sp³-hybridized carbons (Fsp3) is 0.208. The molecule has 2 aromatic carbocycles. The Morgan fingerprint density at radius 3 is 2.65 bits per heavy atom. The minimum Gasteiger partial charge on any atom is -0.493 e. The van der Waals surface area contributed by atoms with Crippen LogP contribution in [0.1, 0.15) is 24.1 Å². The number of nitrogens with zero attached hydrogens (tertiary/aromatic N) is 4. The highest BCUT2D eigenvalue weighted by atomic mass is 16.5. The van der Waals surface area contributed by atoms with Gasteiger partial charge in [0.25, 0.3) is 0 Å². The first-order chi connectivity index (χ1) is 15.0. The number of ether oxygens (including phenoxy) is 2. The van der Waals surface area contributed by atoms with Gasteiger partial charge in [-0.05, 0) is 48.4 Å². The number of carbonyl (C=O) groups excluding carboxylic acids is 1. The van der Waals surface area contributed by atoms with Crippen LogP contribution in [0, 0.1) is 0 Å². The number of likely N-dealkylation sites (N-methyl/N-ethyl adjacent to an activating group) is 1. The average Bonchev–Trinajstić information content (AvgIpc) is 3.35. The second-order valence-corrected chi connectivity index (χ2v) is 6.90. The molecule has 7 heteroatoms. The molecule has 1 aromatic heterocycles. The van der Waals surface area contributed by atoms with Gasteiger partial charge in [0.15, 0.2) is 11.5 Å². The van der Waals surface area contributed by atoms with Gasteiger partial charge in [-0.25, -0.2) is 9.67 Å². The lowest BCUT2D eigenvalue weighted by Gasteiger charge is -2.24. The molecule has 1 atom stereocenters. The third-order valence-corrected chi connectivity index (χ3v) is 4.95. The Labute approximate surface area is 182 Å². The molecule has 0 unspecified atom stereocenters. The zero-order valence-electron chi connectivity index (χ0n) is 17.9. The first-order valence-corrected chi connectivity index (χ1v) is 9.85. The number of rotatable bonds is 9. The second-order valence-electron chi connectivity index (χ2n) is 6.90. The van der Waals surface area contributed by atoms with Crippen LogP contribution in [0.15, 0.2) is 73.9 Å². The molecule has 1 heterocycles. The molecule has 0 radical (unpaired) electrons. The normalized spacial score (nSPS) is 11.8. The summed E-state index contributed by atoms with van der Waals surface area (Å²) in [5.41, 5.74) is 2.78. The lowest BCUT2D eigenvalue weighted by Crippen LogP contribution is -2.27. The van der Waals surface area contributed by atoms with E-state index in [1.54, 1.807) is 48.3 Å². The van der Waals surface area contributed by atoms with Crippen molar-refractivity contribution in [3.05, 3.63) is 85.0 Å². The van der Waals surface area contributed by atoms with Crippen LogP contribution in [0.4, 0.5) is 0 Å². The molecule has 0 bridgehead atoms. The van der Waals surface area contributed by atoms with Crippen LogP contribution in [-0.2, 0) is 4.79 Å². The van der Waals surface area contributed by atoms with Crippen molar-refractivity contribution in [2.24, 2.45) is 0 Å². The summed E-state index contributed by atoms with van der Waals surface area (Å²) in [5.74, 6) is 1.13. The molecule has 0 spiro atoms. The molecule has 0 N–H and O–H groups in total. The summed E-state index contributed by atoms with van der Waals surface area (Å²) in [6.07, 6.45) is 8.13. The van der Waals surface area contributed by atoms with Crippen LogP contribution in [0.3, 0.4) is 0 Å². The van der Waals surface area contributed by atoms with Gasteiger partial charge in [0.2, 0.25) is 5.91 Å². The minimum absolute atomic E-state index is 0.0915. The quantitative estimate of drug-likeness (QED) is 0.387. The van der Waals surface area contributed by atoms with E-state index in [1.165, 1.54) is 6.33 Å². The molecule has 1 amide bonds. The van der Waals surface area contributed by atoms with Crippen LogP contribution in [0.5, 0.6) is 11.5 Å². The summed E-state index contributed by atoms with van der Waals surface area (Å²) in [4.78, 5) is 18.3. The molecule has 31 heavy (non-hydrogen) atoms. The van der Waals surface area contributed by atoms with E-state index in [2.05, 4.69) is 16.7 Å². The fourth-order valence-corrected chi connectivity index (χ4v) is 3.00. The minimum atomic E-state index is -0.0983. The highest BCUT2D eigenvalue weighted by molar-refractivity contribution is 5.92. The third-order valence-electron chi connectivity index (χ3n) is 4.95. The van der Waals surface area contributed by atoms with Gasteiger partial charge in [0.1, 0.15) is 19.3 Å². The molecule has 0 saturated heterocycles. The standard InChI is InChI=1S/C24H26N4O3/c1-5-14-31-22-12-6-19(15-23(22)30-4)7-13-24(29)27(3)18(2)20-8-10-21(11-9-20)28-17-25-16-26-28/h5-13,15-18H,1,14H2,2-4H3/b13-7+/t18-/m0/s1. The number of aromatic nitrogens is 3. The monoisotopic (exact) mass is 418 g/mol. The number of hydrogen-bond donors (Lipinski definition) is 0. The summed E-state index contributed by atoms with van der Waals surface area (Å²) in [6, 6.07) is 13.3. The van der Waals surface area contributed by atoms with E-state index in [-0.39, 0.29) is 11.9 Å². The Kier molecular flexibility index (Phi) is 7.22. The van der Waals surface area contributed by atoms with E-state index in [4.69, 9.17) is 9.47 Å². The topological polar surface area (TPSA) is 69.5 Å². The molecule has 3 aromatic rings. The van der Waals surface area contributed by atoms with Crippen molar-refractivity contribution in [1.82, 2.24) is 19.7 Å². The lowest BCUT2D eigenvalue weighted by atomic mass is 10.1. The van der Waals surface area contributed by atoms with E-state index in [9.17, 15) is 4.79 Å². The molecule has 0 aliphatic carbocycles. The van der Waals surface area contributed by atoms with Gasteiger partial charge in [-0.2, -0.15) is 5.10 Å². The van der Waals surface area contributed by atoms with E-state index in [0.29, 0.717) is 18.1 Å². The van der Waals surface area contributed by atoms with E-state index in [1.807, 2.05) is 49.4 Å². The van der Waals surface area contributed by atoms with Crippen molar-refractivity contribution in [3.63, 3.8) is 0 Å². The Balaban J connectivity index is 1.66. The summed E-state index contributed by atoms with van der Waals surface area (Å²) < 4.78 is 12.6. The highest BCUT2D eigenvalue weighted by Crippen LogP contribution is 2.28. The van der Waals surface area contributed by atoms with Gasteiger partial charge >= 0.3 is 0 Å². The average molecular weight is 418 g/mol. The van der Waals surface area contributed by atoms with Crippen LogP contribution in [0.25, 0.3) is 11.8 Å². The number of methoxy groups -OCH3 is 1. The van der Waals surface area contributed by atoms with Crippen molar-refractivity contribution in [1.29, 1.82) is 0 Å². The van der Waals surface area contributed by atoms with Gasteiger partial charge < -0.3 is 14.4 Å². The fourth-order valence-electron chi connectivity index (χ4n) is 3.00. The van der Waals surface area contributed by atoms with Crippen molar-refractivity contribution in [3.8, 4) is 17.2 Å². The zero-order chi connectivity index (χ0) is 22.2. The number of carbonyl (C=O) groups is 1. The molecular weight excluding hydrogens is 392 g/mol. The maximum Gasteiger partial charge on any atom is 0.246 e. The van der Waals surface area contributed by atoms with Gasteiger partial charge in [-0.1, -0.05) is 30.9 Å². The zero-order valence-corrected chi connectivity index (χ0v) is 17.9. The first-order valence-electron chi connectivity index (χ1n) is 9.85. The van der Waals surface area contributed by atoms with Crippen molar-refractivity contribution < 1.29 is 14.3 Å². The van der Waals surface area contributed by atoms with Crippen molar-refractivity contribution in [2.75, 3.05) is 20.8 Å². The molecule has 0 aliphatic rings. The Hall–Kier alpha value is -3.87. The predicted octanol–water partition coefficient (Wildman–Crippen LogP) is 4.07.